The van der Waals surface area contributed by atoms with Gasteiger partial charge in [-0.1, -0.05) is 12.1 Å². The van der Waals surface area contributed by atoms with Crippen molar-refractivity contribution in [3.63, 3.8) is 0 Å². The summed E-state index contributed by atoms with van der Waals surface area (Å²) in [4.78, 5) is 11.6. The zero-order valence-corrected chi connectivity index (χ0v) is 14.5. The highest BCUT2D eigenvalue weighted by atomic mass is 32.2. The van der Waals surface area contributed by atoms with E-state index in [9.17, 15) is 17.6 Å². The largest absolute Gasteiger partial charge is 0.490 e. The summed E-state index contributed by atoms with van der Waals surface area (Å²) in [7, 11) is -4.27. The lowest BCUT2D eigenvalue weighted by Crippen LogP contribution is -2.21. The van der Waals surface area contributed by atoms with Gasteiger partial charge in [-0.15, -0.1) is 0 Å². The number of para-hydroxylation sites is 1. The summed E-state index contributed by atoms with van der Waals surface area (Å²) in [6, 6.07) is 9.38. The van der Waals surface area contributed by atoms with E-state index in [1.54, 1.807) is 25.1 Å². The van der Waals surface area contributed by atoms with Gasteiger partial charge >= 0.3 is 5.63 Å². The lowest BCUT2D eigenvalue weighted by Gasteiger charge is -2.10. The van der Waals surface area contributed by atoms with E-state index in [0.717, 1.165) is 12.1 Å². The number of anilines is 2. The number of nitrogens with two attached hydrogens (primary N) is 1. The van der Waals surface area contributed by atoms with Gasteiger partial charge in [0.2, 0.25) is 0 Å². The maximum Gasteiger partial charge on any atom is 0.357 e. The van der Waals surface area contributed by atoms with Gasteiger partial charge in [0.05, 0.1) is 18.0 Å². The molecule has 0 aliphatic heterocycles. The second-order valence-corrected chi connectivity index (χ2v) is 7.00. The van der Waals surface area contributed by atoms with Crippen LogP contribution < -0.4 is 20.8 Å². The third-order valence-electron chi connectivity index (χ3n) is 3.53. The lowest BCUT2D eigenvalue weighted by molar-refractivity contribution is 0.336. The van der Waals surface area contributed by atoms with Crippen LogP contribution in [-0.2, 0) is 10.0 Å². The van der Waals surface area contributed by atoms with E-state index in [0.29, 0.717) is 17.7 Å². The van der Waals surface area contributed by atoms with Crippen LogP contribution in [0.3, 0.4) is 0 Å². The fourth-order valence-electron chi connectivity index (χ4n) is 2.37. The molecule has 0 aliphatic carbocycles. The molecule has 3 aromatic rings. The Kier molecular flexibility index (Phi) is 4.56. The SMILES string of the molecule is CCOc1cccc2cc(S(=O)(=O)Nc3ccc(F)c(N)c3)c(=O)oc12. The average molecular weight is 378 g/mol. The number of fused-ring (bicyclic) bond motifs is 1. The molecular formula is C17H15FN2O5S. The Balaban J connectivity index is 2.07. The number of halogens is 1. The minimum absolute atomic E-state index is 0.0199. The summed E-state index contributed by atoms with van der Waals surface area (Å²) in [5.74, 6) is -0.341. The third-order valence-corrected chi connectivity index (χ3v) is 4.90. The van der Waals surface area contributed by atoms with Crippen molar-refractivity contribution in [2.24, 2.45) is 0 Å². The van der Waals surface area contributed by atoms with Crippen LogP contribution in [0.5, 0.6) is 5.75 Å². The van der Waals surface area contributed by atoms with Crippen molar-refractivity contribution in [1.82, 2.24) is 0 Å². The molecule has 3 N–H and O–H groups in total. The zero-order valence-electron chi connectivity index (χ0n) is 13.7. The molecule has 0 spiro atoms. The fourth-order valence-corrected chi connectivity index (χ4v) is 3.46. The maximum atomic E-state index is 13.2. The molecule has 136 valence electrons. The first kappa shape index (κ1) is 17.7. The molecule has 0 aliphatic rings. The minimum atomic E-state index is -4.27. The van der Waals surface area contributed by atoms with Crippen molar-refractivity contribution in [3.8, 4) is 5.75 Å². The number of sulfonamides is 1. The first-order valence-corrected chi connectivity index (χ1v) is 9.07. The van der Waals surface area contributed by atoms with Gasteiger partial charge in [0.1, 0.15) is 5.82 Å². The number of nitrogens with one attached hydrogen (secondary N) is 1. The monoisotopic (exact) mass is 378 g/mol. The van der Waals surface area contributed by atoms with E-state index >= 15 is 0 Å². The smallest absolute Gasteiger partial charge is 0.357 e. The van der Waals surface area contributed by atoms with Gasteiger partial charge in [0.15, 0.2) is 16.2 Å². The second-order valence-electron chi connectivity index (χ2n) is 5.35. The molecule has 9 heteroatoms. The van der Waals surface area contributed by atoms with E-state index in [-0.39, 0.29) is 17.0 Å². The predicted octanol–water partition coefficient (Wildman–Crippen LogP) is 2.71. The normalized spacial score (nSPS) is 11.5. The van der Waals surface area contributed by atoms with E-state index in [1.165, 1.54) is 12.1 Å². The Hall–Kier alpha value is -3.07. The second kappa shape index (κ2) is 6.68. The topological polar surface area (TPSA) is 112 Å². The van der Waals surface area contributed by atoms with Crippen LogP contribution in [0, 0.1) is 5.82 Å². The summed E-state index contributed by atoms with van der Waals surface area (Å²) in [5.41, 5.74) is 4.33. The lowest BCUT2D eigenvalue weighted by atomic mass is 10.2. The number of nitrogen functional groups attached to an aromatic ring is 1. The summed E-state index contributed by atoms with van der Waals surface area (Å²) < 4.78 is 51.0. The molecule has 7 nitrogen and oxygen atoms in total. The van der Waals surface area contributed by atoms with Crippen molar-refractivity contribution >= 4 is 32.4 Å². The number of rotatable bonds is 5. The van der Waals surface area contributed by atoms with E-state index in [2.05, 4.69) is 4.72 Å². The van der Waals surface area contributed by atoms with Crippen LogP contribution in [0.15, 0.2) is 56.6 Å². The first-order valence-electron chi connectivity index (χ1n) is 7.59. The standard InChI is InChI=1S/C17H15FN2O5S/c1-2-24-14-5-3-4-10-8-15(17(21)25-16(10)14)26(22,23)20-11-6-7-12(18)13(19)9-11/h3-9,20H,2,19H2,1H3. The quantitative estimate of drug-likeness (QED) is 0.522. The average Bonchev–Trinajstić information content (AvgIpc) is 2.58. The Morgan fingerprint density at radius 2 is 2.00 bits per heavy atom. The van der Waals surface area contributed by atoms with Crippen LogP contribution in [0.25, 0.3) is 11.0 Å². The van der Waals surface area contributed by atoms with E-state index in [1.807, 2.05) is 0 Å². The molecular weight excluding hydrogens is 363 g/mol. The molecule has 26 heavy (non-hydrogen) atoms. The highest BCUT2D eigenvalue weighted by Crippen LogP contribution is 2.26. The van der Waals surface area contributed by atoms with Crippen molar-refractivity contribution in [2.75, 3.05) is 17.1 Å². The number of hydrogen-bond donors (Lipinski definition) is 2. The van der Waals surface area contributed by atoms with Crippen LogP contribution >= 0.6 is 0 Å². The summed E-state index contributed by atoms with van der Waals surface area (Å²) in [5, 5.41) is 0.384. The minimum Gasteiger partial charge on any atom is -0.490 e. The Bertz CT molecular complexity index is 1140. The zero-order chi connectivity index (χ0) is 18.9. The molecule has 1 heterocycles. The van der Waals surface area contributed by atoms with E-state index < -0.39 is 26.4 Å². The van der Waals surface area contributed by atoms with Crippen molar-refractivity contribution in [1.29, 1.82) is 0 Å². The summed E-state index contributed by atoms with van der Waals surface area (Å²) >= 11 is 0. The van der Waals surface area contributed by atoms with Crippen LogP contribution in [-0.4, -0.2) is 15.0 Å². The maximum absolute atomic E-state index is 13.2. The van der Waals surface area contributed by atoms with Crippen molar-refractivity contribution in [3.05, 3.63) is 58.7 Å². The Morgan fingerprint density at radius 3 is 2.69 bits per heavy atom. The highest BCUT2D eigenvalue weighted by Gasteiger charge is 2.22. The Labute approximate surface area is 148 Å². The van der Waals surface area contributed by atoms with Gasteiger partial charge in [-0.2, -0.15) is 0 Å². The number of benzene rings is 2. The molecule has 0 atom stereocenters. The molecule has 3 rings (SSSR count). The van der Waals surface area contributed by atoms with Crippen molar-refractivity contribution < 1.29 is 22.0 Å². The first-order chi connectivity index (χ1) is 12.3. The molecule has 0 fully saturated rings. The number of ether oxygens (including phenoxy) is 1. The molecule has 0 saturated carbocycles. The fraction of sp³-hybridized carbons (Fsp3) is 0.118. The van der Waals surface area contributed by atoms with Gasteiger partial charge in [0.25, 0.3) is 10.0 Å². The van der Waals surface area contributed by atoms with Crippen molar-refractivity contribution in [2.45, 2.75) is 11.8 Å². The summed E-state index contributed by atoms with van der Waals surface area (Å²) in [6.45, 7) is 2.13. The molecule has 0 amide bonds. The third kappa shape index (κ3) is 3.33. The summed E-state index contributed by atoms with van der Waals surface area (Å²) in [6.07, 6.45) is 0. The predicted molar refractivity (Wildman–Crippen MR) is 95.3 cm³/mol. The molecule has 0 radical (unpaired) electrons. The van der Waals surface area contributed by atoms with Gasteiger partial charge in [-0.05, 0) is 37.3 Å². The Morgan fingerprint density at radius 1 is 1.23 bits per heavy atom. The van der Waals surface area contributed by atoms with Gasteiger partial charge in [-0.25, -0.2) is 17.6 Å². The molecule has 0 unspecified atom stereocenters. The molecule has 0 bridgehead atoms. The van der Waals surface area contributed by atoms with Gasteiger partial charge < -0.3 is 14.9 Å². The van der Waals surface area contributed by atoms with E-state index in [4.69, 9.17) is 14.9 Å². The van der Waals surface area contributed by atoms with Gasteiger partial charge in [0, 0.05) is 5.39 Å². The van der Waals surface area contributed by atoms with Crippen LogP contribution in [0.1, 0.15) is 6.92 Å². The molecule has 2 aromatic carbocycles. The highest BCUT2D eigenvalue weighted by molar-refractivity contribution is 7.92. The molecule has 0 saturated heterocycles. The molecule has 1 aromatic heterocycles. The number of hydrogen-bond acceptors (Lipinski definition) is 6. The van der Waals surface area contributed by atoms with Crippen LogP contribution in [0.2, 0.25) is 0 Å². The van der Waals surface area contributed by atoms with Gasteiger partial charge in [-0.3, -0.25) is 4.72 Å². The van der Waals surface area contributed by atoms with Crippen LogP contribution in [0.4, 0.5) is 15.8 Å².